The molecule has 0 bridgehead atoms. The zero-order valence-electron chi connectivity index (χ0n) is 8.76. The molecule has 0 fully saturated rings. The van der Waals surface area contributed by atoms with Gasteiger partial charge in [0.15, 0.2) is 0 Å². The maximum atomic E-state index is 10.0. The van der Waals surface area contributed by atoms with E-state index in [-0.39, 0.29) is 5.41 Å². The van der Waals surface area contributed by atoms with E-state index in [1.165, 1.54) is 5.57 Å². The van der Waals surface area contributed by atoms with Crippen molar-refractivity contribution in [1.82, 2.24) is 0 Å². The molecule has 1 N–H and O–H groups in total. The van der Waals surface area contributed by atoms with E-state index in [2.05, 4.69) is 40.3 Å². The fourth-order valence-electron chi connectivity index (χ4n) is 1.63. The summed E-state index contributed by atoms with van der Waals surface area (Å²) < 4.78 is 0. The molecule has 1 nitrogen and oxygen atoms in total. The van der Waals surface area contributed by atoms with Crippen molar-refractivity contribution in [1.29, 1.82) is 0 Å². The Morgan fingerprint density at radius 2 is 2.00 bits per heavy atom. The molecule has 1 rings (SSSR count). The van der Waals surface area contributed by atoms with Crippen molar-refractivity contribution in [2.24, 2.45) is 5.41 Å². The van der Waals surface area contributed by atoms with Gasteiger partial charge < -0.3 is 5.11 Å². The predicted octanol–water partition coefficient (Wildman–Crippen LogP) is 2.93. The van der Waals surface area contributed by atoms with E-state index in [4.69, 9.17) is 0 Å². The summed E-state index contributed by atoms with van der Waals surface area (Å²) in [4.78, 5) is -0.961. The van der Waals surface area contributed by atoms with Gasteiger partial charge in [0.1, 0.15) is 4.93 Å². The van der Waals surface area contributed by atoms with Crippen LogP contribution >= 0.6 is 12.6 Å². The Hall–Kier alpha value is -0.210. The van der Waals surface area contributed by atoms with Crippen molar-refractivity contribution in [3.8, 4) is 0 Å². The van der Waals surface area contributed by atoms with Gasteiger partial charge in [-0.3, -0.25) is 0 Å². The summed E-state index contributed by atoms with van der Waals surface area (Å²) in [5.41, 5.74) is 2.19. The van der Waals surface area contributed by atoms with Crippen LogP contribution in [0.25, 0.3) is 0 Å². The summed E-state index contributed by atoms with van der Waals surface area (Å²) >= 11 is 4.29. The summed E-state index contributed by atoms with van der Waals surface area (Å²) in [7, 11) is 0. The molecule has 0 radical (unpaired) electrons. The molecule has 74 valence electrons. The molecule has 1 unspecified atom stereocenters. The molecule has 0 amide bonds. The molecular weight excluding hydrogens is 180 g/mol. The number of thiol groups is 1. The van der Waals surface area contributed by atoms with E-state index in [9.17, 15) is 5.11 Å². The highest BCUT2D eigenvalue weighted by atomic mass is 32.1. The minimum Gasteiger partial charge on any atom is -0.376 e. The third-order valence-corrected chi connectivity index (χ3v) is 2.74. The van der Waals surface area contributed by atoms with Crippen molar-refractivity contribution < 1.29 is 5.11 Å². The fraction of sp³-hybridized carbons (Fsp3) is 0.636. The molecule has 0 aromatic rings. The first-order valence-corrected chi connectivity index (χ1v) is 5.02. The number of hydrogen-bond donors (Lipinski definition) is 2. The lowest BCUT2D eigenvalue weighted by Crippen LogP contribution is -2.32. The van der Waals surface area contributed by atoms with Gasteiger partial charge in [-0.1, -0.05) is 38.5 Å². The van der Waals surface area contributed by atoms with Crippen LogP contribution in [-0.4, -0.2) is 10.0 Å². The van der Waals surface area contributed by atoms with Gasteiger partial charge in [0.2, 0.25) is 0 Å². The Balaban J connectivity index is 3.09. The van der Waals surface area contributed by atoms with Crippen molar-refractivity contribution >= 4 is 12.6 Å². The molecule has 1 atom stereocenters. The van der Waals surface area contributed by atoms with Gasteiger partial charge in [-0.15, -0.1) is 12.6 Å². The summed E-state index contributed by atoms with van der Waals surface area (Å²) in [6.07, 6.45) is 4.66. The molecule has 13 heavy (non-hydrogen) atoms. The highest BCUT2D eigenvalue weighted by Gasteiger charge is 2.35. The number of rotatable bonds is 0. The number of aliphatic hydroxyl groups is 1. The average Bonchev–Trinajstić information content (AvgIpc) is 1.92. The Kier molecular flexibility index (Phi) is 2.65. The van der Waals surface area contributed by atoms with E-state index >= 15 is 0 Å². The van der Waals surface area contributed by atoms with Crippen LogP contribution in [0.2, 0.25) is 0 Å². The van der Waals surface area contributed by atoms with Gasteiger partial charge >= 0.3 is 0 Å². The van der Waals surface area contributed by atoms with Crippen LogP contribution in [-0.2, 0) is 0 Å². The summed E-state index contributed by atoms with van der Waals surface area (Å²) in [5.74, 6) is 0. The van der Waals surface area contributed by atoms with E-state index in [0.717, 1.165) is 5.57 Å². The van der Waals surface area contributed by atoms with Gasteiger partial charge in [-0.25, -0.2) is 0 Å². The van der Waals surface area contributed by atoms with Crippen LogP contribution in [0.5, 0.6) is 0 Å². The van der Waals surface area contributed by atoms with E-state index < -0.39 is 4.93 Å². The van der Waals surface area contributed by atoms with Gasteiger partial charge in [0.05, 0.1) is 0 Å². The van der Waals surface area contributed by atoms with E-state index in [0.29, 0.717) is 6.42 Å². The van der Waals surface area contributed by atoms with Crippen molar-refractivity contribution in [3.63, 3.8) is 0 Å². The minimum absolute atomic E-state index is 0.0218. The standard InChI is InChI=1S/C11H18OS/c1-8-5-6-11(12,13)9(7-8)10(2,3)4/h5,7,12-13H,6H2,1-4H3. The minimum atomic E-state index is -0.961. The smallest absolute Gasteiger partial charge is 0.133 e. The molecule has 0 saturated carbocycles. The lowest BCUT2D eigenvalue weighted by Gasteiger charge is -2.36. The average molecular weight is 198 g/mol. The van der Waals surface area contributed by atoms with Gasteiger partial charge in [0, 0.05) is 6.42 Å². The van der Waals surface area contributed by atoms with E-state index in [1.54, 1.807) is 0 Å². The lowest BCUT2D eigenvalue weighted by molar-refractivity contribution is 0.154. The largest absolute Gasteiger partial charge is 0.376 e. The second-order valence-electron chi connectivity index (χ2n) is 4.78. The van der Waals surface area contributed by atoms with Crippen molar-refractivity contribution in [3.05, 3.63) is 23.3 Å². The summed E-state index contributed by atoms with van der Waals surface area (Å²) in [6, 6.07) is 0. The molecule has 0 heterocycles. The molecule has 0 aliphatic heterocycles. The second-order valence-corrected chi connectivity index (χ2v) is 5.52. The van der Waals surface area contributed by atoms with Crippen molar-refractivity contribution in [2.45, 2.75) is 39.0 Å². The number of hydrogen-bond acceptors (Lipinski definition) is 2. The normalized spacial score (nSPS) is 29.7. The Morgan fingerprint density at radius 3 is 2.38 bits per heavy atom. The zero-order chi connectivity index (χ0) is 10.3. The van der Waals surface area contributed by atoms with Crippen LogP contribution in [0, 0.1) is 5.41 Å². The quantitative estimate of drug-likeness (QED) is 0.453. The molecular formula is C11H18OS. The number of allylic oxidation sites excluding steroid dienone is 2. The summed E-state index contributed by atoms with van der Waals surface area (Å²) in [6.45, 7) is 8.34. The molecule has 1 aliphatic rings. The molecule has 0 saturated heterocycles. The van der Waals surface area contributed by atoms with Gasteiger partial charge in [-0.05, 0) is 17.9 Å². The molecule has 2 heteroatoms. The maximum Gasteiger partial charge on any atom is 0.133 e. The first kappa shape index (κ1) is 10.9. The van der Waals surface area contributed by atoms with Crippen LogP contribution in [0.4, 0.5) is 0 Å². The van der Waals surface area contributed by atoms with Gasteiger partial charge in [-0.2, -0.15) is 0 Å². The van der Waals surface area contributed by atoms with Gasteiger partial charge in [0.25, 0.3) is 0 Å². The Labute approximate surface area is 86.0 Å². The highest BCUT2D eigenvalue weighted by molar-refractivity contribution is 7.81. The van der Waals surface area contributed by atoms with Crippen LogP contribution in [0.15, 0.2) is 23.3 Å². The Morgan fingerprint density at radius 1 is 1.46 bits per heavy atom. The molecule has 0 spiro atoms. The topological polar surface area (TPSA) is 20.2 Å². The third-order valence-electron chi connectivity index (χ3n) is 2.32. The Bertz CT molecular complexity index is 266. The second kappa shape index (κ2) is 3.18. The highest BCUT2D eigenvalue weighted by Crippen LogP contribution is 2.41. The first-order chi connectivity index (χ1) is 5.73. The molecule has 0 aromatic heterocycles. The fourth-order valence-corrected chi connectivity index (χ4v) is 2.12. The van der Waals surface area contributed by atoms with Crippen molar-refractivity contribution in [2.75, 3.05) is 0 Å². The van der Waals surface area contributed by atoms with E-state index in [1.807, 2.05) is 12.2 Å². The van der Waals surface area contributed by atoms with Crippen LogP contribution in [0.1, 0.15) is 34.1 Å². The summed E-state index contributed by atoms with van der Waals surface area (Å²) in [5, 5.41) is 10.0. The lowest BCUT2D eigenvalue weighted by atomic mass is 9.78. The first-order valence-electron chi connectivity index (χ1n) is 4.58. The SMILES string of the molecule is CC1=CCC(O)(S)C(C(C)(C)C)=C1. The third kappa shape index (κ3) is 2.38. The molecule has 0 aromatic carbocycles. The van der Waals surface area contributed by atoms with Crippen LogP contribution < -0.4 is 0 Å². The predicted molar refractivity (Wildman–Crippen MR) is 59.8 cm³/mol. The monoisotopic (exact) mass is 198 g/mol. The maximum absolute atomic E-state index is 10.0. The molecule has 1 aliphatic carbocycles. The van der Waals surface area contributed by atoms with Crippen LogP contribution in [0.3, 0.4) is 0 Å². The zero-order valence-corrected chi connectivity index (χ0v) is 9.65.